The maximum Gasteiger partial charge on any atom is 0.326 e. The van der Waals surface area contributed by atoms with E-state index in [0.29, 0.717) is 27.1 Å². The summed E-state index contributed by atoms with van der Waals surface area (Å²) in [6, 6.07) is 4.13. The molecule has 21 heavy (non-hydrogen) atoms. The van der Waals surface area contributed by atoms with Crippen molar-refractivity contribution in [1.29, 1.82) is 0 Å². The number of amides is 1. The van der Waals surface area contributed by atoms with Gasteiger partial charge in [0, 0.05) is 9.92 Å². The van der Waals surface area contributed by atoms with E-state index in [9.17, 15) is 9.59 Å². The summed E-state index contributed by atoms with van der Waals surface area (Å²) in [7, 11) is 0. The minimum atomic E-state index is -1.02. The predicted octanol–water partition coefficient (Wildman–Crippen LogP) is 3.41. The van der Waals surface area contributed by atoms with Crippen molar-refractivity contribution in [1.82, 2.24) is 5.32 Å². The lowest BCUT2D eigenvalue weighted by Gasteiger charge is -2.14. The van der Waals surface area contributed by atoms with Gasteiger partial charge in [-0.3, -0.25) is 4.79 Å². The van der Waals surface area contributed by atoms with E-state index in [4.69, 9.17) is 28.3 Å². The molecule has 0 radical (unpaired) electrons. The number of thioether (sulfide) groups is 2. The Morgan fingerprint density at radius 3 is 2.71 bits per heavy atom. The van der Waals surface area contributed by atoms with Crippen LogP contribution in [0, 0.1) is 0 Å². The maximum absolute atomic E-state index is 11.8. The van der Waals surface area contributed by atoms with Crippen molar-refractivity contribution in [3.05, 3.63) is 28.2 Å². The molecule has 0 aliphatic carbocycles. The summed E-state index contributed by atoms with van der Waals surface area (Å²) in [5.41, 5.74) is 0. The Morgan fingerprint density at radius 1 is 1.38 bits per heavy atom. The zero-order valence-electron chi connectivity index (χ0n) is 11.3. The van der Waals surface area contributed by atoms with Gasteiger partial charge in [-0.05, 0) is 36.6 Å². The van der Waals surface area contributed by atoms with Gasteiger partial charge in [-0.25, -0.2) is 4.79 Å². The molecule has 0 spiro atoms. The van der Waals surface area contributed by atoms with Gasteiger partial charge in [0.1, 0.15) is 6.04 Å². The number of benzene rings is 1. The summed E-state index contributed by atoms with van der Waals surface area (Å²) in [4.78, 5) is 23.5. The first-order valence-electron chi connectivity index (χ1n) is 6.03. The molecule has 0 saturated heterocycles. The van der Waals surface area contributed by atoms with Crippen molar-refractivity contribution in [2.24, 2.45) is 0 Å². The average Bonchev–Trinajstić information content (AvgIpc) is 2.44. The van der Waals surface area contributed by atoms with Crippen LogP contribution in [0.4, 0.5) is 0 Å². The molecule has 8 heteroatoms. The van der Waals surface area contributed by atoms with Gasteiger partial charge in [0.05, 0.1) is 10.8 Å². The molecule has 0 unspecified atom stereocenters. The van der Waals surface area contributed by atoms with Gasteiger partial charge >= 0.3 is 5.97 Å². The van der Waals surface area contributed by atoms with Crippen LogP contribution in [-0.4, -0.2) is 40.8 Å². The van der Waals surface area contributed by atoms with Gasteiger partial charge in [-0.2, -0.15) is 11.8 Å². The van der Waals surface area contributed by atoms with Gasteiger partial charge in [0.15, 0.2) is 0 Å². The molecule has 1 amide bonds. The average molecular weight is 368 g/mol. The van der Waals surface area contributed by atoms with Crippen LogP contribution in [0.25, 0.3) is 0 Å². The van der Waals surface area contributed by atoms with Crippen molar-refractivity contribution in [2.75, 3.05) is 17.8 Å². The number of carboxylic acids is 1. The van der Waals surface area contributed by atoms with Crippen LogP contribution in [0.5, 0.6) is 0 Å². The number of aliphatic carboxylic acids is 1. The SMILES string of the molecule is CSCC[C@H](NC(=O)CSc1cc(Cl)ccc1Cl)C(=O)O. The number of carboxylic acid groups (broad SMARTS) is 1. The zero-order chi connectivity index (χ0) is 15.8. The second-order valence-corrected chi connectivity index (χ2v) is 6.95. The minimum absolute atomic E-state index is 0.0864. The van der Waals surface area contributed by atoms with Gasteiger partial charge in [-0.15, -0.1) is 11.8 Å². The van der Waals surface area contributed by atoms with E-state index in [0.717, 1.165) is 0 Å². The van der Waals surface area contributed by atoms with Crippen LogP contribution in [0.3, 0.4) is 0 Å². The molecule has 1 rings (SSSR count). The topological polar surface area (TPSA) is 66.4 Å². The highest BCUT2D eigenvalue weighted by Crippen LogP contribution is 2.29. The number of carbonyl (C=O) groups excluding carboxylic acids is 1. The summed E-state index contributed by atoms with van der Waals surface area (Å²) in [6.07, 6.45) is 2.28. The summed E-state index contributed by atoms with van der Waals surface area (Å²) in [5.74, 6) is -0.610. The highest BCUT2D eigenvalue weighted by Gasteiger charge is 2.19. The van der Waals surface area contributed by atoms with E-state index >= 15 is 0 Å². The zero-order valence-corrected chi connectivity index (χ0v) is 14.4. The molecule has 0 aromatic heterocycles. The molecule has 1 atom stereocenters. The second kappa shape index (κ2) is 9.46. The first kappa shape index (κ1) is 18.5. The quantitative estimate of drug-likeness (QED) is 0.689. The standard InChI is InChI=1S/C13H15Cl2NO3S2/c1-20-5-4-10(13(18)19)16-12(17)7-21-11-6-8(14)2-3-9(11)15/h2-3,6,10H,4-5,7H2,1H3,(H,16,17)(H,18,19)/t10-/m0/s1. The molecule has 116 valence electrons. The number of nitrogens with one attached hydrogen (secondary N) is 1. The van der Waals surface area contributed by atoms with Crippen LogP contribution in [0.15, 0.2) is 23.1 Å². The Hall–Kier alpha value is -0.560. The molecule has 4 nitrogen and oxygen atoms in total. The molecule has 0 heterocycles. The predicted molar refractivity (Wildman–Crippen MR) is 89.8 cm³/mol. The highest BCUT2D eigenvalue weighted by molar-refractivity contribution is 8.00. The van der Waals surface area contributed by atoms with E-state index in [1.165, 1.54) is 23.5 Å². The molecular weight excluding hydrogens is 353 g/mol. The molecule has 2 N–H and O–H groups in total. The van der Waals surface area contributed by atoms with Crippen molar-refractivity contribution in [3.63, 3.8) is 0 Å². The Balaban J connectivity index is 2.52. The number of rotatable bonds is 8. The Morgan fingerprint density at radius 2 is 2.10 bits per heavy atom. The summed E-state index contributed by atoms with van der Waals surface area (Å²) in [5, 5.41) is 12.6. The third kappa shape index (κ3) is 6.82. The highest BCUT2D eigenvalue weighted by atomic mass is 35.5. The van der Waals surface area contributed by atoms with Crippen molar-refractivity contribution in [2.45, 2.75) is 17.4 Å². The first-order valence-corrected chi connectivity index (χ1v) is 9.16. The third-order valence-corrected chi connectivity index (χ3v) is 4.87. The van der Waals surface area contributed by atoms with Crippen LogP contribution in [0.2, 0.25) is 10.0 Å². The molecule has 0 bridgehead atoms. The molecular formula is C13H15Cl2NO3S2. The number of hydrogen-bond acceptors (Lipinski definition) is 4. The fourth-order valence-corrected chi connectivity index (χ4v) is 3.24. The fraction of sp³-hybridized carbons (Fsp3) is 0.385. The summed E-state index contributed by atoms with van der Waals surface area (Å²) in [6.45, 7) is 0. The lowest BCUT2D eigenvalue weighted by atomic mass is 10.2. The van der Waals surface area contributed by atoms with Crippen LogP contribution < -0.4 is 5.32 Å². The van der Waals surface area contributed by atoms with Crippen molar-refractivity contribution < 1.29 is 14.7 Å². The largest absolute Gasteiger partial charge is 0.480 e. The number of carbonyl (C=O) groups is 2. The second-order valence-electron chi connectivity index (χ2n) is 4.10. The van der Waals surface area contributed by atoms with Gasteiger partial charge in [0.2, 0.25) is 5.91 Å². The number of halogens is 2. The van der Waals surface area contributed by atoms with Gasteiger partial charge in [0.25, 0.3) is 0 Å². The van der Waals surface area contributed by atoms with Gasteiger partial charge < -0.3 is 10.4 Å². The molecule has 1 aromatic carbocycles. The van der Waals surface area contributed by atoms with E-state index in [1.807, 2.05) is 6.26 Å². The van der Waals surface area contributed by atoms with Crippen LogP contribution >= 0.6 is 46.7 Å². The lowest BCUT2D eigenvalue weighted by molar-refractivity contribution is -0.141. The third-order valence-electron chi connectivity index (χ3n) is 2.50. The van der Waals surface area contributed by atoms with Crippen molar-refractivity contribution in [3.8, 4) is 0 Å². The summed E-state index contributed by atoms with van der Waals surface area (Å²) >= 11 is 14.6. The normalized spacial score (nSPS) is 12.0. The Labute approximate surface area is 142 Å². The van der Waals surface area contributed by atoms with Crippen LogP contribution in [-0.2, 0) is 9.59 Å². The smallest absolute Gasteiger partial charge is 0.326 e. The van der Waals surface area contributed by atoms with Crippen molar-refractivity contribution >= 4 is 58.6 Å². The lowest BCUT2D eigenvalue weighted by Crippen LogP contribution is -2.42. The molecule has 0 aliphatic rings. The van der Waals surface area contributed by atoms with E-state index < -0.39 is 12.0 Å². The minimum Gasteiger partial charge on any atom is -0.480 e. The fourth-order valence-electron chi connectivity index (χ4n) is 1.46. The van der Waals surface area contributed by atoms with E-state index in [2.05, 4.69) is 5.32 Å². The summed E-state index contributed by atoms with van der Waals surface area (Å²) < 4.78 is 0. The Kier molecular flexibility index (Phi) is 8.33. The number of hydrogen-bond donors (Lipinski definition) is 2. The molecule has 0 saturated carbocycles. The molecule has 1 aromatic rings. The molecule has 0 aliphatic heterocycles. The molecule has 0 fully saturated rings. The first-order chi connectivity index (χ1) is 9.93. The Bertz CT molecular complexity index is 514. The monoisotopic (exact) mass is 367 g/mol. The maximum atomic E-state index is 11.8. The van der Waals surface area contributed by atoms with E-state index in [1.54, 1.807) is 18.2 Å². The van der Waals surface area contributed by atoms with Gasteiger partial charge in [-0.1, -0.05) is 23.2 Å². The van der Waals surface area contributed by atoms with E-state index in [-0.39, 0.29) is 11.7 Å². The van der Waals surface area contributed by atoms with Crippen LogP contribution in [0.1, 0.15) is 6.42 Å².